The Labute approximate surface area is 102 Å². The number of hydrogen-bond acceptors (Lipinski definition) is 5. The molecule has 0 saturated carbocycles. The minimum atomic E-state index is -0.611. The molecular weight excluding hydrogens is 248 g/mol. The maximum Gasteiger partial charge on any atom is 0.330 e. The second-order valence-corrected chi connectivity index (χ2v) is 3.45. The third-order valence-electron chi connectivity index (χ3n) is 2.08. The number of ether oxygens (including phenoxy) is 1. The fourth-order valence-electron chi connectivity index (χ4n) is 1.18. The lowest BCUT2D eigenvalue weighted by molar-refractivity contribution is -0.385. The van der Waals surface area contributed by atoms with Crippen LogP contribution < -0.4 is 0 Å². The maximum absolute atomic E-state index is 10.9. The number of nitrogens with zero attached hydrogens (tertiary/aromatic N) is 2. The van der Waals surface area contributed by atoms with E-state index in [9.17, 15) is 14.9 Å². The van der Waals surface area contributed by atoms with E-state index in [0.717, 1.165) is 6.08 Å². The standard InChI is InChI=1S/C10H9ClN2O4/c1-6-7(3-4-8(14)17-2)5-12-10(11)9(6)13(15)16/h3-5H,1-2H3. The van der Waals surface area contributed by atoms with Gasteiger partial charge in [-0.2, -0.15) is 0 Å². The van der Waals surface area contributed by atoms with Crippen molar-refractivity contribution in [2.24, 2.45) is 0 Å². The average molecular weight is 257 g/mol. The summed E-state index contributed by atoms with van der Waals surface area (Å²) < 4.78 is 4.41. The number of esters is 1. The molecule has 0 spiro atoms. The third kappa shape index (κ3) is 3.01. The first kappa shape index (κ1) is 13.1. The first-order valence-electron chi connectivity index (χ1n) is 4.53. The highest BCUT2D eigenvalue weighted by Crippen LogP contribution is 2.28. The number of methoxy groups -OCH3 is 1. The van der Waals surface area contributed by atoms with Crippen LogP contribution in [0.15, 0.2) is 12.3 Å². The van der Waals surface area contributed by atoms with Gasteiger partial charge in [0.25, 0.3) is 0 Å². The van der Waals surface area contributed by atoms with Crippen molar-refractivity contribution in [1.82, 2.24) is 4.98 Å². The molecule has 0 radical (unpaired) electrons. The fourth-order valence-corrected chi connectivity index (χ4v) is 1.44. The summed E-state index contributed by atoms with van der Waals surface area (Å²) in [5.74, 6) is -0.554. The number of carbonyl (C=O) groups is 1. The molecule has 1 rings (SSSR count). The van der Waals surface area contributed by atoms with Crippen molar-refractivity contribution in [2.45, 2.75) is 6.92 Å². The Morgan fingerprint density at radius 3 is 2.82 bits per heavy atom. The molecule has 0 atom stereocenters. The summed E-state index contributed by atoms with van der Waals surface area (Å²) in [5, 5.41) is 10.6. The number of carbonyl (C=O) groups excluding carboxylic acids is 1. The van der Waals surface area contributed by atoms with Crippen molar-refractivity contribution in [3.05, 3.63) is 38.7 Å². The molecule has 1 heterocycles. The van der Waals surface area contributed by atoms with Crippen LogP contribution in [0.5, 0.6) is 0 Å². The largest absolute Gasteiger partial charge is 0.466 e. The van der Waals surface area contributed by atoms with Crippen molar-refractivity contribution >= 4 is 29.3 Å². The molecule has 0 amide bonds. The SMILES string of the molecule is COC(=O)C=Cc1cnc(Cl)c([N+](=O)[O-])c1C. The molecule has 0 aliphatic carbocycles. The number of hydrogen-bond donors (Lipinski definition) is 0. The van der Waals surface area contributed by atoms with Crippen LogP contribution in [-0.4, -0.2) is 23.0 Å². The Balaban J connectivity index is 3.20. The summed E-state index contributed by atoms with van der Waals surface area (Å²) in [7, 11) is 1.24. The van der Waals surface area contributed by atoms with Gasteiger partial charge in [0.15, 0.2) is 0 Å². The van der Waals surface area contributed by atoms with Gasteiger partial charge < -0.3 is 4.74 Å². The molecule has 0 aliphatic rings. The van der Waals surface area contributed by atoms with Crippen LogP contribution in [0.1, 0.15) is 11.1 Å². The number of pyridine rings is 1. The monoisotopic (exact) mass is 256 g/mol. The van der Waals surface area contributed by atoms with Gasteiger partial charge in [-0.25, -0.2) is 9.78 Å². The van der Waals surface area contributed by atoms with Crippen molar-refractivity contribution in [3.8, 4) is 0 Å². The minimum Gasteiger partial charge on any atom is -0.466 e. The molecule has 7 heteroatoms. The number of halogens is 1. The zero-order chi connectivity index (χ0) is 13.0. The van der Waals surface area contributed by atoms with E-state index in [4.69, 9.17) is 11.6 Å². The predicted octanol–water partition coefficient (Wildman–Crippen LogP) is 2.14. The van der Waals surface area contributed by atoms with E-state index < -0.39 is 10.9 Å². The summed E-state index contributed by atoms with van der Waals surface area (Å²) >= 11 is 5.62. The summed E-state index contributed by atoms with van der Waals surface area (Å²) in [6, 6.07) is 0. The van der Waals surface area contributed by atoms with E-state index in [1.807, 2.05) is 0 Å². The molecule has 90 valence electrons. The highest BCUT2D eigenvalue weighted by molar-refractivity contribution is 6.31. The molecule has 0 fully saturated rings. The topological polar surface area (TPSA) is 82.3 Å². The van der Waals surface area contributed by atoms with E-state index >= 15 is 0 Å². The number of rotatable bonds is 3. The Morgan fingerprint density at radius 1 is 1.65 bits per heavy atom. The first-order valence-corrected chi connectivity index (χ1v) is 4.90. The molecule has 0 aliphatic heterocycles. The highest BCUT2D eigenvalue weighted by Gasteiger charge is 2.19. The predicted molar refractivity (Wildman–Crippen MR) is 61.7 cm³/mol. The van der Waals surface area contributed by atoms with E-state index in [2.05, 4.69) is 9.72 Å². The van der Waals surface area contributed by atoms with E-state index in [0.29, 0.717) is 11.1 Å². The highest BCUT2D eigenvalue weighted by atomic mass is 35.5. The summed E-state index contributed by atoms with van der Waals surface area (Å²) in [6.07, 6.45) is 3.89. The summed E-state index contributed by atoms with van der Waals surface area (Å²) in [4.78, 5) is 24.7. The lowest BCUT2D eigenvalue weighted by atomic mass is 10.1. The second-order valence-electron chi connectivity index (χ2n) is 3.09. The van der Waals surface area contributed by atoms with E-state index in [-0.39, 0.29) is 10.8 Å². The Kier molecular flexibility index (Phi) is 4.17. The van der Waals surface area contributed by atoms with Crippen LogP contribution in [-0.2, 0) is 9.53 Å². The Hall–Kier alpha value is -1.95. The van der Waals surface area contributed by atoms with Gasteiger partial charge in [-0.15, -0.1) is 0 Å². The quantitative estimate of drug-likeness (QED) is 0.272. The zero-order valence-electron chi connectivity index (χ0n) is 9.14. The zero-order valence-corrected chi connectivity index (χ0v) is 9.89. The van der Waals surface area contributed by atoms with Gasteiger partial charge in [0, 0.05) is 23.4 Å². The Morgan fingerprint density at radius 2 is 2.29 bits per heavy atom. The number of nitro groups is 1. The van der Waals surface area contributed by atoms with Crippen LogP contribution in [0.2, 0.25) is 5.15 Å². The van der Waals surface area contributed by atoms with Gasteiger partial charge in [0.2, 0.25) is 5.15 Å². The van der Waals surface area contributed by atoms with Gasteiger partial charge in [-0.3, -0.25) is 10.1 Å². The minimum absolute atomic E-state index is 0.178. The van der Waals surface area contributed by atoms with E-state index in [1.54, 1.807) is 0 Å². The van der Waals surface area contributed by atoms with Crippen LogP contribution in [0.3, 0.4) is 0 Å². The molecule has 6 nitrogen and oxygen atoms in total. The number of aromatic nitrogens is 1. The average Bonchev–Trinajstić information content (AvgIpc) is 2.27. The molecule has 0 N–H and O–H groups in total. The van der Waals surface area contributed by atoms with Gasteiger partial charge in [-0.05, 0) is 13.0 Å². The van der Waals surface area contributed by atoms with Gasteiger partial charge in [-0.1, -0.05) is 11.6 Å². The smallest absolute Gasteiger partial charge is 0.330 e. The molecule has 1 aromatic rings. The van der Waals surface area contributed by atoms with Crippen LogP contribution >= 0.6 is 11.6 Å². The van der Waals surface area contributed by atoms with Crippen LogP contribution in [0.4, 0.5) is 5.69 Å². The molecule has 0 saturated heterocycles. The molecule has 1 aromatic heterocycles. The van der Waals surface area contributed by atoms with Crippen LogP contribution in [0.25, 0.3) is 6.08 Å². The first-order chi connectivity index (χ1) is 7.97. The summed E-state index contributed by atoms with van der Waals surface area (Å²) in [5.41, 5.74) is 0.514. The van der Waals surface area contributed by atoms with Gasteiger partial charge in [0.05, 0.1) is 12.0 Å². The molecule has 0 aromatic carbocycles. The second kappa shape index (κ2) is 5.40. The lowest BCUT2D eigenvalue weighted by Crippen LogP contribution is -1.98. The molecular formula is C10H9ClN2O4. The van der Waals surface area contributed by atoms with Crippen LogP contribution in [0, 0.1) is 17.0 Å². The Bertz CT molecular complexity index is 499. The van der Waals surface area contributed by atoms with Crippen molar-refractivity contribution < 1.29 is 14.5 Å². The maximum atomic E-state index is 10.9. The molecule has 0 bridgehead atoms. The van der Waals surface area contributed by atoms with Crippen molar-refractivity contribution in [3.63, 3.8) is 0 Å². The fraction of sp³-hybridized carbons (Fsp3) is 0.200. The summed E-state index contributed by atoms with van der Waals surface area (Å²) in [6.45, 7) is 1.53. The van der Waals surface area contributed by atoms with Gasteiger partial charge in [0.1, 0.15) is 0 Å². The van der Waals surface area contributed by atoms with E-state index in [1.165, 1.54) is 26.3 Å². The van der Waals surface area contributed by atoms with Gasteiger partial charge >= 0.3 is 11.7 Å². The molecule has 0 unspecified atom stereocenters. The molecule has 17 heavy (non-hydrogen) atoms. The lowest BCUT2D eigenvalue weighted by Gasteiger charge is -2.02. The third-order valence-corrected chi connectivity index (χ3v) is 2.36. The van der Waals surface area contributed by atoms with Crippen molar-refractivity contribution in [1.29, 1.82) is 0 Å². The normalized spacial score (nSPS) is 10.5. The van der Waals surface area contributed by atoms with Crippen molar-refractivity contribution in [2.75, 3.05) is 7.11 Å².